The average Bonchev–Trinajstić information content (AvgIpc) is 2.92. The highest BCUT2D eigenvalue weighted by molar-refractivity contribution is 7.91. The molecule has 0 bridgehead atoms. The van der Waals surface area contributed by atoms with Crippen molar-refractivity contribution in [3.05, 3.63) is 40.8 Å². The van der Waals surface area contributed by atoms with Crippen LogP contribution in [0.25, 0.3) is 0 Å². The van der Waals surface area contributed by atoms with Crippen LogP contribution in [0.3, 0.4) is 0 Å². The second kappa shape index (κ2) is 7.28. The number of sulfonamides is 1. The standard InChI is InChI=1S/C12H14ClN3O3S2/c1-19-7-6-16(9-10-4-2-3-5-14-10)21(17,18)11-8-15-12(13)20-11/h2-5,8H,6-7,9H2,1H3. The molecular weight excluding hydrogens is 334 g/mol. The Morgan fingerprint density at radius 3 is 2.76 bits per heavy atom. The first kappa shape index (κ1) is 16.3. The Labute approximate surface area is 132 Å². The van der Waals surface area contributed by atoms with Crippen LogP contribution >= 0.6 is 22.9 Å². The zero-order valence-corrected chi connectivity index (χ0v) is 13.7. The van der Waals surface area contributed by atoms with E-state index in [-0.39, 0.29) is 21.8 Å². The minimum atomic E-state index is -3.67. The fraction of sp³-hybridized carbons (Fsp3) is 0.333. The third-order valence-electron chi connectivity index (χ3n) is 2.66. The Kier molecular flexibility index (Phi) is 5.65. The minimum absolute atomic E-state index is 0.111. The zero-order valence-electron chi connectivity index (χ0n) is 11.3. The lowest BCUT2D eigenvalue weighted by Gasteiger charge is -2.20. The highest BCUT2D eigenvalue weighted by atomic mass is 35.5. The molecule has 21 heavy (non-hydrogen) atoms. The van der Waals surface area contributed by atoms with Crippen molar-refractivity contribution in [2.75, 3.05) is 20.3 Å². The van der Waals surface area contributed by atoms with Crippen molar-refractivity contribution in [3.8, 4) is 0 Å². The van der Waals surface area contributed by atoms with Gasteiger partial charge < -0.3 is 4.74 Å². The van der Waals surface area contributed by atoms with E-state index in [0.717, 1.165) is 11.3 Å². The lowest BCUT2D eigenvalue weighted by atomic mass is 10.3. The molecule has 0 aliphatic carbocycles. The molecule has 0 radical (unpaired) electrons. The van der Waals surface area contributed by atoms with Gasteiger partial charge in [0, 0.05) is 19.9 Å². The Morgan fingerprint density at radius 2 is 2.19 bits per heavy atom. The molecule has 0 saturated carbocycles. The summed E-state index contributed by atoms with van der Waals surface area (Å²) in [5.41, 5.74) is 0.660. The molecular formula is C12H14ClN3O3S2. The third-order valence-corrected chi connectivity index (χ3v) is 6.06. The highest BCUT2D eigenvalue weighted by Gasteiger charge is 2.27. The molecule has 0 fully saturated rings. The monoisotopic (exact) mass is 347 g/mol. The van der Waals surface area contributed by atoms with Gasteiger partial charge in [0.1, 0.15) is 0 Å². The van der Waals surface area contributed by atoms with Crippen molar-refractivity contribution in [2.45, 2.75) is 10.8 Å². The van der Waals surface area contributed by atoms with E-state index in [4.69, 9.17) is 16.3 Å². The van der Waals surface area contributed by atoms with Crippen LogP contribution in [0.1, 0.15) is 5.69 Å². The van der Waals surface area contributed by atoms with Crippen LogP contribution in [0.2, 0.25) is 4.47 Å². The molecule has 2 heterocycles. The van der Waals surface area contributed by atoms with Gasteiger partial charge >= 0.3 is 0 Å². The fourth-order valence-electron chi connectivity index (χ4n) is 1.64. The predicted octanol–water partition coefficient (Wildman–Crippen LogP) is 2.03. The van der Waals surface area contributed by atoms with Gasteiger partial charge in [-0.15, -0.1) is 0 Å². The average molecular weight is 348 g/mol. The maximum absolute atomic E-state index is 12.6. The van der Waals surface area contributed by atoms with Crippen LogP contribution < -0.4 is 0 Å². The Hall–Kier alpha value is -1.06. The van der Waals surface area contributed by atoms with E-state index in [0.29, 0.717) is 12.3 Å². The first-order valence-corrected chi connectivity index (χ1v) is 8.68. The number of aromatic nitrogens is 2. The molecule has 0 aliphatic rings. The van der Waals surface area contributed by atoms with Crippen molar-refractivity contribution in [3.63, 3.8) is 0 Å². The quantitative estimate of drug-likeness (QED) is 0.766. The molecule has 9 heteroatoms. The van der Waals surface area contributed by atoms with Crippen molar-refractivity contribution in [1.82, 2.24) is 14.3 Å². The summed E-state index contributed by atoms with van der Waals surface area (Å²) in [6.45, 7) is 0.686. The van der Waals surface area contributed by atoms with Gasteiger partial charge in [0.05, 0.1) is 25.0 Å². The van der Waals surface area contributed by atoms with Gasteiger partial charge in [-0.2, -0.15) is 4.31 Å². The number of hydrogen-bond donors (Lipinski definition) is 0. The number of rotatable bonds is 7. The maximum Gasteiger partial charge on any atom is 0.254 e. The van der Waals surface area contributed by atoms with Crippen molar-refractivity contribution >= 4 is 33.0 Å². The summed E-state index contributed by atoms with van der Waals surface area (Å²) in [6, 6.07) is 5.36. The Bertz CT molecular complexity index is 676. The second-order valence-corrected chi connectivity index (χ2v) is 7.86. The maximum atomic E-state index is 12.6. The van der Waals surface area contributed by atoms with Crippen molar-refractivity contribution in [1.29, 1.82) is 0 Å². The van der Waals surface area contributed by atoms with Crippen LogP contribution in [-0.2, 0) is 21.3 Å². The van der Waals surface area contributed by atoms with Gasteiger partial charge in [-0.3, -0.25) is 4.98 Å². The van der Waals surface area contributed by atoms with E-state index in [1.165, 1.54) is 17.6 Å². The molecule has 114 valence electrons. The fourth-order valence-corrected chi connectivity index (χ4v) is 4.48. The summed E-state index contributed by atoms with van der Waals surface area (Å²) >= 11 is 6.65. The van der Waals surface area contributed by atoms with Gasteiger partial charge in [-0.05, 0) is 12.1 Å². The van der Waals surface area contributed by atoms with Crippen molar-refractivity contribution in [2.24, 2.45) is 0 Å². The van der Waals surface area contributed by atoms with Crippen LogP contribution in [0.4, 0.5) is 0 Å². The number of pyridine rings is 1. The topological polar surface area (TPSA) is 72.4 Å². The number of methoxy groups -OCH3 is 1. The molecule has 0 amide bonds. The first-order valence-electron chi connectivity index (χ1n) is 6.04. The number of halogens is 1. The van der Waals surface area contributed by atoms with Gasteiger partial charge in [0.15, 0.2) is 8.68 Å². The molecule has 2 aromatic heterocycles. The van der Waals surface area contributed by atoms with E-state index >= 15 is 0 Å². The summed E-state index contributed by atoms with van der Waals surface area (Å²) < 4.78 is 31.8. The number of nitrogens with zero attached hydrogens (tertiary/aromatic N) is 3. The Morgan fingerprint density at radius 1 is 1.38 bits per heavy atom. The van der Waals surface area contributed by atoms with Gasteiger partial charge in [-0.1, -0.05) is 29.0 Å². The molecule has 0 atom stereocenters. The van der Waals surface area contributed by atoms with Crippen LogP contribution in [0.15, 0.2) is 34.8 Å². The molecule has 2 aromatic rings. The smallest absolute Gasteiger partial charge is 0.254 e. The molecule has 0 N–H and O–H groups in total. The summed E-state index contributed by atoms with van der Waals surface area (Å²) in [4.78, 5) is 7.94. The van der Waals surface area contributed by atoms with E-state index < -0.39 is 10.0 Å². The van der Waals surface area contributed by atoms with E-state index in [9.17, 15) is 8.42 Å². The summed E-state index contributed by atoms with van der Waals surface area (Å²) in [5, 5.41) is 0. The summed E-state index contributed by atoms with van der Waals surface area (Å²) in [7, 11) is -2.14. The summed E-state index contributed by atoms with van der Waals surface area (Å²) in [5.74, 6) is 0. The molecule has 2 rings (SSSR count). The molecule has 0 aromatic carbocycles. The molecule has 0 saturated heterocycles. The summed E-state index contributed by atoms with van der Waals surface area (Å²) in [6.07, 6.45) is 2.89. The number of thiazole rings is 1. The van der Waals surface area contributed by atoms with E-state index in [1.807, 2.05) is 6.07 Å². The third kappa shape index (κ3) is 4.21. The molecule has 0 aliphatic heterocycles. The van der Waals surface area contributed by atoms with Crippen LogP contribution in [-0.4, -0.2) is 43.0 Å². The van der Waals surface area contributed by atoms with Gasteiger partial charge in [-0.25, -0.2) is 13.4 Å². The molecule has 0 unspecified atom stereocenters. The largest absolute Gasteiger partial charge is 0.383 e. The van der Waals surface area contributed by atoms with Crippen LogP contribution in [0.5, 0.6) is 0 Å². The highest BCUT2D eigenvalue weighted by Crippen LogP contribution is 2.26. The van der Waals surface area contributed by atoms with E-state index in [1.54, 1.807) is 18.3 Å². The predicted molar refractivity (Wildman–Crippen MR) is 80.8 cm³/mol. The lowest BCUT2D eigenvalue weighted by molar-refractivity contribution is 0.177. The van der Waals surface area contributed by atoms with Gasteiger partial charge in [0.2, 0.25) is 0 Å². The Balaban J connectivity index is 2.26. The van der Waals surface area contributed by atoms with Gasteiger partial charge in [0.25, 0.3) is 10.0 Å². The number of hydrogen-bond acceptors (Lipinski definition) is 6. The van der Waals surface area contributed by atoms with E-state index in [2.05, 4.69) is 9.97 Å². The second-order valence-electron chi connectivity index (χ2n) is 4.08. The molecule has 6 nitrogen and oxygen atoms in total. The number of ether oxygens (including phenoxy) is 1. The SMILES string of the molecule is COCCN(Cc1ccccn1)S(=O)(=O)c1cnc(Cl)s1. The van der Waals surface area contributed by atoms with Crippen LogP contribution in [0, 0.1) is 0 Å². The minimum Gasteiger partial charge on any atom is -0.383 e. The normalized spacial score (nSPS) is 12.0. The first-order chi connectivity index (χ1) is 10.0. The zero-order chi connectivity index (χ0) is 15.3. The molecule has 0 spiro atoms. The lowest BCUT2D eigenvalue weighted by Crippen LogP contribution is -2.33. The van der Waals surface area contributed by atoms with Crippen molar-refractivity contribution < 1.29 is 13.2 Å².